The summed E-state index contributed by atoms with van der Waals surface area (Å²) in [5, 5.41) is 7.27. The third-order valence-electron chi connectivity index (χ3n) is 3.31. The Bertz CT molecular complexity index is 619. The summed E-state index contributed by atoms with van der Waals surface area (Å²) in [6.07, 6.45) is 0. The van der Waals surface area contributed by atoms with Crippen LogP contribution in [0.1, 0.15) is 28.7 Å². The van der Waals surface area contributed by atoms with Gasteiger partial charge < -0.3 is 5.32 Å². The highest BCUT2D eigenvalue weighted by Crippen LogP contribution is 2.07. The van der Waals surface area contributed by atoms with E-state index in [0.717, 1.165) is 17.9 Å². The van der Waals surface area contributed by atoms with Crippen molar-refractivity contribution in [3.05, 3.63) is 53.1 Å². The molecule has 0 bridgehead atoms. The number of hydrogen-bond acceptors (Lipinski definition) is 2. The lowest BCUT2D eigenvalue weighted by Crippen LogP contribution is -2.30. The minimum absolute atomic E-state index is 0.185. The van der Waals surface area contributed by atoms with Crippen LogP contribution in [0.4, 0.5) is 4.39 Å². The van der Waals surface area contributed by atoms with Crippen LogP contribution in [0.25, 0.3) is 0 Å². The highest BCUT2D eigenvalue weighted by atomic mass is 19.1. The Morgan fingerprint density at radius 2 is 2.00 bits per heavy atom. The van der Waals surface area contributed by atoms with Gasteiger partial charge in [-0.3, -0.25) is 9.48 Å². The Balaban J connectivity index is 1.86. The largest absolute Gasteiger partial charge is 0.352 e. The maximum atomic E-state index is 12.8. The van der Waals surface area contributed by atoms with Gasteiger partial charge in [0.1, 0.15) is 5.82 Å². The summed E-state index contributed by atoms with van der Waals surface area (Å²) in [7, 11) is 0. The normalized spacial score (nSPS) is 12.2. The van der Waals surface area contributed by atoms with E-state index in [9.17, 15) is 9.18 Å². The molecule has 1 amide bonds. The molecule has 2 aromatic rings. The average Bonchev–Trinajstić information content (AvgIpc) is 2.75. The van der Waals surface area contributed by atoms with Crippen LogP contribution < -0.4 is 5.32 Å². The van der Waals surface area contributed by atoms with Crippen LogP contribution in [-0.2, 0) is 6.54 Å². The first-order valence-electron chi connectivity index (χ1n) is 7.00. The highest BCUT2D eigenvalue weighted by molar-refractivity contribution is 5.94. The number of benzene rings is 1. The van der Waals surface area contributed by atoms with E-state index >= 15 is 0 Å². The SMILES string of the molecule is Cc1cc(C)n(C[C@H](C)CNC(=O)c2ccc(F)cc2)n1. The second-order valence-electron chi connectivity index (χ2n) is 5.43. The summed E-state index contributed by atoms with van der Waals surface area (Å²) in [6, 6.07) is 7.57. The van der Waals surface area contributed by atoms with E-state index in [1.165, 1.54) is 24.3 Å². The zero-order valence-electron chi connectivity index (χ0n) is 12.6. The number of rotatable bonds is 5. The van der Waals surface area contributed by atoms with Crippen molar-refractivity contribution in [2.75, 3.05) is 6.54 Å². The second-order valence-corrected chi connectivity index (χ2v) is 5.43. The van der Waals surface area contributed by atoms with E-state index in [0.29, 0.717) is 12.1 Å². The second kappa shape index (κ2) is 6.52. The zero-order valence-corrected chi connectivity index (χ0v) is 12.6. The summed E-state index contributed by atoms with van der Waals surface area (Å²) < 4.78 is 14.8. The number of halogens is 1. The Morgan fingerprint density at radius 1 is 1.33 bits per heavy atom. The maximum Gasteiger partial charge on any atom is 0.251 e. The number of nitrogens with zero attached hydrogens (tertiary/aromatic N) is 2. The van der Waals surface area contributed by atoms with Crippen LogP contribution >= 0.6 is 0 Å². The molecule has 1 aromatic heterocycles. The lowest BCUT2D eigenvalue weighted by Gasteiger charge is -2.14. The number of carbonyl (C=O) groups excluding carboxylic acids is 1. The van der Waals surface area contributed by atoms with Crippen molar-refractivity contribution < 1.29 is 9.18 Å². The van der Waals surface area contributed by atoms with Crippen molar-refractivity contribution in [3.8, 4) is 0 Å². The first-order valence-corrected chi connectivity index (χ1v) is 7.00. The van der Waals surface area contributed by atoms with E-state index in [2.05, 4.69) is 17.3 Å². The summed E-state index contributed by atoms with van der Waals surface area (Å²) in [5.41, 5.74) is 2.58. The third kappa shape index (κ3) is 4.15. The Hall–Kier alpha value is -2.17. The highest BCUT2D eigenvalue weighted by Gasteiger charge is 2.10. The van der Waals surface area contributed by atoms with Gasteiger partial charge in [0.2, 0.25) is 0 Å². The third-order valence-corrected chi connectivity index (χ3v) is 3.31. The maximum absolute atomic E-state index is 12.8. The molecule has 0 unspecified atom stereocenters. The quantitative estimate of drug-likeness (QED) is 0.920. The van der Waals surface area contributed by atoms with Crippen LogP contribution in [-0.4, -0.2) is 22.2 Å². The molecule has 0 aliphatic rings. The number of aryl methyl sites for hydroxylation is 2. The topological polar surface area (TPSA) is 46.9 Å². The minimum atomic E-state index is -0.343. The fourth-order valence-corrected chi connectivity index (χ4v) is 2.19. The predicted octanol–water partition coefficient (Wildman–Crippen LogP) is 2.71. The monoisotopic (exact) mass is 289 g/mol. The molecule has 1 atom stereocenters. The van der Waals surface area contributed by atoms with Gasteiger partial charge in [0, 0.05) is 24.3 Å². The van der Waals surface area contributed by atoms with E-state index in [1.54, 1.807) is 0 Å². The zero-order chi connectivity index (χ0) is 15.4. The fraction of sp³-hybridized carbons (Fsp3) is 0.375. The molecule has 0 saturated carbocycles. The van der Waals surface area contributed by atoms with Crippen LogP contribution in [0.15, 0.2) is 30.3 Å². The molecule has 1 heterocycles. The van der Waals surface area contributed by atoms with Gasteiger partial charge in [0.15, 0.2) is 0 Å². The number of hydrogen-bond donors (Lipinski definition) is 1. The van der Waals surface area contributed by atoms with Crippen LogP contribution in [0.3, 0.4) is 0 Å². The number of amides is 1. The molecule has 112 valence electrons. The van der Waals surface area contributed by atoms with Gasteiger partial charge in [-0.25, -0.2) is 4.39 Å². The smallest absolute Gasteiger partial charge is 0.251 e. The van der Waals surface area contributed by atoms with Crippen molar-refractivity contribution in [1.29, 1.82) is 0 Å². The van der Waals surface area contributed by atoms with Gasteiger partial charge in [0.05, 0.1) is 5.69 Å². The predicted molar refractivity (Wildman–Crippen MR) is 79.6 cm³/mol. The van der Waals surface area contributed by atoms with Crippen molar-refractivity contribution in [3.63, 3.8) is 0 Å². The fourth-order valence-electron chi connectivity index (χ4n) is 2.19. The summed E-state index contributed by atoms with van der Waals surface area (Å²) in [6.45, 7) is 7.34. The molecule has 5 heteroatoms. The Kier molecular flexibility index (Phi) is 4.73. The first kappa shape index (κ1) is 15.2. The summed E-state index contributed by atoms with van der Waals surface area (Å²) in [5.74, 6) is -0.271. The molecule has 1 N–H and O–H groups in total. The molecule has 1 aromatic carbocycles. The molecule has 0 saturated heterocycles. The van der Waals surface area contributed by atoms with Crippen LogP contribution in [0.2, 0.25) is 0 Å². The van der Waals surface area contributed by atoms with Crippen molar-refractivity contribution >= 4 is 5.91 Å². The Labute approximate surface area is 124 Å². The molecule has 0 aliphatic heterocycles. The molecule has 0 spiro atoms. The molecule has 21 heavy (non-hydrogen) atoms. The van der Waals surface area contributed by atoms with Gasteiger partial charge >= 0.3 is 0 Å². The molecule has 0 aliphatic carbocycles. The molecule has 4 nitrogen and oxygen atoms in total. The lowest BCUT2D eigenvalue weighted by atomic mass is 10.1. The van der Waals surface area contributed by atoms with Crippen molar-refractivity contribution in [2.45, 2.75) is 27.3 Å². The average molecular weight is 289 g/mol. The van der Waals surface area contributed by atoms with E-state index in [1.807, 2.05) is 24.6 Å². The molecule has 0 fully saturated rings. The number of nitrogens with one attached hydrogen (secondary N) is 1. The van der Waals surface area contributed by atoms with E-state index < -0.39 is 0 Å². The van der Waals surface area contributed by atoms with Gasteiger partial charge in [-0.15, -0.1) is 0 Å². The van der Waals surface area contributed by atoms with Crippen LogP contribution in [0, 0.1) is 25.6 Å². The molecule has 0 radical (unpaired) electrons. The number of carbonyl (C=O) groups is 1. The molecular formula is C16H20FN3O. The molecular weight excluding hydrogens is 269 g/mol. The van der Waals surface area contributed by atoms with E-state index in [-0.39, 0.29) is 17.6 Å². The Morgan fingerprint density at radius 3 is 2.57 bits per heavy atom. The van der Waals surface area contributed by atoms with Gasteiger partial charge in [-0.2, -0.15) is 5.10 Å². The summed E-state index contributed by atoms with van der Waals surface area (Å²) >= 11 is 0. The number of aromatic nitrogens is 2. The van der Waals surface area contributed by atoms with Crippen molar-refractivity contribution in [1.82, 2.24) is 15.1 Å². The summed E-state index contributed by atoms with van der Waals surface area (Å²) in [4.78, 5) is 11.9. The minimum Gasteiger partial charge on any atom is -0.352 e. The standard InChI is InChI=1S/C16H20FN3O/c1-11(10-20-13(3)8-12(2)19-20)9-18-16(21)14-4-6-15(17)7-5-14/h4-8,11H,9-10H2,1-3H3,(H,18,21)/t11-/m1/s1. The van der Waals surface area contributed by atoms with Gasteiger partial charge in [-0.1, -0.05) is 6.92 Å². The molecule has 2 rings (SSSR count). The van der Waals surface area contributed by atoms with Crippen LogP contribution in [0.5, 0.6) is 0 Å². The first-order chi connectivity index (χ1) is 9.95. The van der Waals surface area contributed by atoms with Gasteiger partial charge in [0.25, 0.3) is 5.91 Å². The lowest BCUT2D eigenvalue weighted by molar-refractivity contribution is 0.0946. The van der Waals surface area contributed by atoms with Gasteiger partial charge in [-0.05, 0) is 50.1 Å². The van der Waals surface area contributed by atoms with Crippen molar-refractivity contribution in [2.24, 2.45) is 5.92 Å². The van der Waals surface area contributed by atoms with E-state index in [4.69, 9.17) is 0 Å².